The van der Waals surface area contributed by atoms with Gasteiger partial charge in [0.05, 0.1) is 0 Å². The van der Waals surface area contributed by atoms with Crippen LogP contribution in [0.2, 0.25) is 0 Å². The van der Waals surface area contributed by atoms with Crippen molar-refractivity contribution in [1.29, 1.82) is 0 Å². The Balaban J connectivity index is 1.69. The molecule has 0 saturated carbocycles. The van der Waals surface area contributed by atoms with Crippen molar-refractivity contribution in [2.45, 2.75) is 49.1 Å². The first-order valence-electron chi connectivity index (χ1n) is 11.5. The molecule has 3 heteroatoms. The molecule has 0 fully saturated rings. The molecule has 0 saturated heterocycles. The zero-order valence-electron chi connectivity index (χ0n) is 18.2. The van der Waals surface area contributed by atoms with Crippen LogP contribution in [0.5, 0.6) is 0 Å². The van der Waals surface area contributed by atoms with Crippen molar-refractivity contribution >= 4 is 26.6 Å². The van der Waals surface area contributed by atoms with Crippen molar-refractivity contribution in [2.75, 3.05) is 0 Å². The van der Waals surface area contributed by atoms with Crippen LogP contribution < -0.4 is 3.32 Å². The minimum atomic E-state index is -4.01. The van der Waals surface area contributed by atoms with Gasteiger partial charge in [-0.3, -0.25) is 0 Å². The second kappa shape index (κ2) is 8.65. The zero-order valence-corrected chi connectivity index (χ0v) is 23.3. The van der Waals surface area contributed by atoms with E-state index in [1.807, 2.05) is 0 Å². The van der Waals surface area contributed by atoms with Crippen LogP contribution in [0.4, 0.5) is 0 Å². The Morgan fingerprint density at radius 3 is 2.26 bits per heavy atom. The predicted octanol–water partition coefficient (Wildman–Crippen LogP) is 8.62. The van der Waals surface area contributed by atoms with Crippen LogP contribution in [0, 0.1) is 0 Å². The first-order chi connectivity index (χ1) is 15.1. The number of allylic oxidation sites excluding steroid dienone is 1. The molecule has 3 aromatic rings. The van der Waals surface area contributed by atoms with E-state index >= 15 is 0 Å². The second-order valence-electron chi connectivity index (χ2n) is 8.85. The van der Waals surface area contributed by atoms with Gasteiger partial charge in [-0.1, -0.05) is 0 Å². The van der Waals surface area contributed by atoms with Crippen molar-refractivity contribution in [2.24, 2.45) is 0 Å². The molecule has 158 valence electrons. The SMILES string of the molecule is CCCC1=Cc2ccccc2[CH]1[Hf]([Cl])([Cl])[c]1cccc2c1C(CCC)c1ccccc1-2. The molecule has 0 spiro atoms. The van der Waals surface area contributed by atoms with Gasteiger partial charge < -0.3 is 0 Å². The van der Waals surface area contributed by atoms with E-state index in [4.69, 9.17) is 17.2 Å². The van der Waals surface area contributed by atoms with E-state index in [1.54, 1.807) is 0 Å². The molecule has 3 aromatic carbocycles. The Hall–Kier alpha value is -1.15. The number of rotatable bonds is 6. The van der Waals surface area contributed by atoms with E-state index in [9.17, 15) is 0 Å². The van der Waals surface area contributed by atoms with Crippen LogP contribution in [-0.2, 0) is 17.6 Å². The predicted molar refractivity (Wildman–Crippen MR) is 132 cm³/mol. The third-order valence-electron chi connectivity index (χ3n) is 6.94. The molecule has 0 aliphatic heterocycles. The summed E-state index contributed by atoms with van der Waals surface area (Å²) < 4.78 is 1.50. The van der Waals surface area contributed by atoms with Gasteiger partial charge in [-0.05, 0) is 0 Å². The average Bonchev–Trinajstić information content (AvgIpc) is 3.31. The van der Waals surface area contributed by atoms with Gasteiger partial charge >= 0.3 is 199 Å². The summed E-state index contributed by atoms with van der Waals surface area (Å²) in [6.07, 6.45) is 6.83. The molecular formula is C28H28Cl2Hf. The Morgan fingerprint density at radius 2 is 1.48 bits per heavy atom. The van der Waals surface area contributed by atoms with Crippen molar-refractivity contribution < 1.29 is 17.6 Å². The Bertz CT molecular complexity index is 1160. The van der Waals surface area contributed by atoms with Gasteiger partial charge in [0.15, 0.2) is 0 Å². The monoisotopic (exact) mass is 614 g/mol. The zero-order chi connectivity index (χ0) is 21.6. The summed E-state index contributed by atoms with van der Waals surface area (Å²) in [5.41, 5.74) is 9.69. The standard InChI is InChI=1S/C16H15.C12H13.2ClH.Hf/c1-2-7-12-13-8-3-5-10-15(13)16-11-6-4-9-14(12)16;1-2-5-10-8-11-6-3-4-7-12(11)9-10;;;/h3-6,8,10-12H,2,7H2,1H3;3-4,6-9H,2,5H2,1H3;2*1H;/q;;;;+2/p-2. The third-order valence-corrected chi connectivity index (χ3v) is 23.0. The minimum absolute atomic E-state index is 0.199. The molecule has 2 atom stereocenters. The molecule has 0 heterocycles. The second-order valence-corrected chi connectivity index (χ2v) is 28.7. The molecule has 2 unspecified atom stereocenters. The van der Waals surface area contributed by atoms with Crippen molar-refractivity contribution in [3.8, 4) is 11.1 Å². The molecule has 0 aromatic heterocycles. The fourth-order valence-electron chi connectivity index (χ4n) is 5.73. The van der Waals surface area contributed by atoms with Gasteiger partial charge in [0.1, 0.15) is 0 Å². The van der Waals surface area contributed by atoms with Gasteiger partial charge in [0, 0.05) is 0 Å². The Labute approximate surface area is 197 Å². The number of hydrogen-bond acceptors (Lipinski definition) is 0. The molecule has 0 N–H and O–H groups in total. The molecule has 0 amide bonds. The molecular weight excluding hydrogens is 586 g/mol. The van der Waals surface area contributed by atoms with E-state index in [1.165, 1.54) is 42.3 Å². The summed E-state index contributed by atoms with van der Waals surface area (Å²) in [5, 5.41) is 0. The maximum atomic E-state index is 7.66. The van der Waals surface area contributed by atoms with Gasteiger partial charge in [-0.15, -0.1) is 0 Å². The Morgan fingerprint density at radius 1 is 0.774 bits per heavy atom. The topological polar surface area (TPSA) is 0 Å². The molecule has 2 aliphatic carbocycles. The maximum absolute atomic E-state index is 7.66. The van der Waals surface area contributed by atoms with Crippen LogP contribution in [0.25, 0.3) is 17.2 Å². The molecule has 5 rings (SSSR count). The summed E-state index contributed by atoms with van der Waals surface area (Å²) in [5.74, 6) is 0.402. The molecule has 0 nitrogen and oxygen atoms in total. The van der Waals surface area contributed by atoms with E-state index in [2.05, 4.69) is 86.7 Å². The number of fused-ring (bicyclic) bond motifs is 4. The molecule has 2 aliphatic rings. The number of hydrogen-bond donors (Lipinski definition) is 0. The van der Waals surface area contributed by atoms with Crippen molar-refractivity contribution in [3.05, 3.63) is 94.6 Å². The Kier molecular flexibility index (Phi) is 6.05. The summed E-state index contributed by atoms with van der Waals surface area (Å²) in [4.78, 5) is 0. The van der Waals surface area contributed by atoms with Crippen LogP contribution in [-0.4, -0.2) is 0 Å². The van der Waals surface area contributed by atoms with E-state index in [0.717, 1.165) is 25.7 Å². The molecule has 31 heavy (non-hydrogen) atoms. The van der Waals surface area contributed by atoms with E-state index in [0.29, 0.717) is 5.92 Å². The normalized spacial score (nSPS) is 19.0. The molecule has 0 bridgehead atoms. The van der Waals surface area contributed by atoms with Gasteiger partial charge in [-0.2, -0.15) is 0 Å². The fraction of sp³-hybridized carbons (Fsp3) is 0.286. The molecule has 0 radical (unpaired) electrons. The number of halogens is 2. The van der Waals surface area contributed by atoms with Crippen LogP contribution in [0.15, 0.2) is 72.3 Å². The first-order valence-corrected chi connectivity index (χ1v) is 24.2. The summed E-state index contributed by atoms with van der Waals surface area (Å²) in [6.45, 7) is 4.52. The summed E-state index contributed by atoms with van der Waals surface area (Å²) >= 11 is -4.01. The van der Waals surface area contributed by atoms with Gasteiger partial charge in [-0.25, -0.2) is 0 Å². The quantitative estimate of drug-likeness (QED) is 0.244. The van der Waals surface area contributed by atoms with Crippen LogP contribution in [0.3, 0.4) is 0 Å². The van der Waals surface area contributed by atoms with E-state index < -0.39 is 17.6 Å². The average molecular weight is 614 g/mol. The summed E-state index contributed by atoms with van der Waals surface area (Å²) in [7, 11) is 15.3. The summed E-state index contributed by atoms with van der Waals surface area (Å²) in [6, 6.07) is 24.3. The van der Waals surface area contributed by atoms with Crippen molar-refractivity contribution in [3.63, 3.8) is 0 Å². The van der Waals surface area contributed by atoms with Crippen LogP contribution >= 0.6 is 17.2 Å². The van der Waals surface area contributed by atoms with Crippen LogP contribution in [0.1, 0.15) is 71.4 Å². The van der Waals surface area contributed by atoms with Gasteiger partial charge in [0.25, 0.3) is 0 Å². The fourth-order valence-corrected chi connectivity index (χ4v) is 22.1. The first kappa shape index (κ1) is 21.7. The van der Waals surface area contributed by atoms with Gasteiger partial charge in [0.2, 0.25) is 0 Å². The third kappa shape index (κ3) is 3.52. The number of benzene rings is 3. The van der Waals surface area contributed by atoms with E-state index in [-0.39, 0.29) is 3.67 Å². The van der Waals surface area contributed by atoms with Crippen molar-refractivity contribution in [1.82, 2.24) is 0 Å².